The molecule has 0 saturated carbocycles. The summed E-state index contributed by atoms with van der Waals surface area (Å²) < 4.78 is 39.0. The van der Waals surface area contributed by atoms with Crippen LogP contribution in [0.4, 0.5) is 11.4 Å². The Morgan fingerprint density at radius 2 is 1.60 bits per heavy atom. The van der Waals surface area contributed by atoms with Gasteiger partial charge in [-0.1, -0.05) is 29.8 Å². The second-order valence-electron chi connectivity index (χ2n) is 6.78. The largest absolute Gasteiger partial charge is 0.486 e. The first-order valence-corrected chi connectivity index (χ1v) is 10.8. The summed E-state index contributed by atoms with van der Waals surface area (Å²) in [4.78, 5) is 13.0. The molecular formula is C22H20N2O5S. The van der Waals surface area contributed by atoms with Gasteiger partial charge in [0.1, 0.15) is 13.2 Å². The van der Waals surface area contributed by atoms with Crippen LogP contribution in [0.2, 0.25) is 0 Å². The van der Waals surface area contributed by atoms with Crippen LogP contribution in [-0.4, -0.2) is 27.5 Å². The van der Waals surface area contributed by atoms with Gasteiger partial charge in [0.15, 0.2) is 11.5 Å². The van der Waals surface area contributed by atoms with Crippen LogP contribution in [0, 0.1) is 6.92 Å². The van der Waals surface area contributed by atoms with Gasteiger partial charge in [-0.05, 0) is 43.3 Å². The number of benzene rings is 3. The Labute approximate surface area is 174 Å². The monoisotopic (exact) mass is 424 g/mol. The number of hydrogen-bond donors (Lipinski definition) is 2. The summed E-state index contributed by atoms with van der Waals surface area (Å²) in [5.41, 5.74) is 1.85. The summed E-state index contributed by atoms with van der Waals surface area (Å²) in [6, 6.07) is 18.0. The molecule has 154 valence electrons. The van der Waals surface area contributed by atoms with Crippen molar-refractivity contribution in [2.75, 3.05) is 23.3 Å². The average molecular weight is 424 g/mol. The Kier molecular flexibility index (Phi) is 5.33. The normalized spacial score (nSPS) is 12.8. The lowest BCUT2D eigenvalue weighted by Crippen LogP contribution is -2.19. The van der Waals surface area contributed by atoms with Crippen LogP contribution in [0.15, 0.2) is 71.6 Å². The minimum atomic E-state index is -3.84. The summed E-state index contributed by atoms with van der Waals surface area (Å²) in [5.74, 6) is 0.715. The van der Waals surface area contributed by atoms with Crippen LogP contribution in [-0.2, 0) is 10.0 Å². The quantitative estimate of drug-likeness (QED) is 0.649. The molecule has 1 heterocycles. The fourth-order valence-corrected chi connectivity index (χ4v) is 4.09. The number of aryl methyl sites for hydroxylation is 1. The molecule has 30 heavy (non-hydrogen) atoms. The predicted octanol–water partition coefficient (Wildman–Crippen LogP) is 3.82. The first kappa shape index (κ1) is 19.8. The van der Waals surface area contributed by atoms with Crippen LogP contribution in [0.25, 0.3) is 0 Å². The molecule has 0 radical (unpaired) electrons. The van der Waals surface area contributed by atoms with E-state index < -0.39 is 15.9 Å². The first-order valence-electron chi connectivity index (χ1n) is 9.32. The fraction of sp³-hybridized carbons (Fsp3) is 0.136. The van der Waals surface area contributed by atoms with Crippen molar-refractivity contribution in [1.29, 1.82) is 0 Å². The number of rotatable bonds is 5. The second-order valence-corrected chi connectivity index (χ2v) is 8.46. The zero-order chi connectivity index (χ0) is 21.1. The van der Waals surface area contributed by atoms with E-state index in [4.69, 9.17) is 9.47 Å². The molecule has 3 aromatic rings. The van der Waals surface area contributed by atoms with Crippen LogP contribution < -0.4 is 19.5 Å². The van der Waals surface area contributed by atoms with Gasteiger partial charge in [0.05, 0.1) is 16.1 Å². The van der Waals surface area contributed by atoms with E-state index in [2.05, 4.69) is 10.0 Å². The molecule has 0 bridgehead atoms. The number of nitrogens with one attached hydrogen (secondary N) is 2. The van der Waals surface area contributed by atoms with Gasteiger partial charge in [0.25, 0.3) is 15.9 Å². The van der Waals surface area contributed by atoms with E-state index in [-0.39, 0.29) is 16.1 Å². The van der Waals surface area contributed by atoms with Crippen LogP contribution in [0.3, 0.4) is 0 Å². The van der Waals surface area contributed by atoms with Gasteiger partial charge in [-0.2, -0.15) is 0 Å². The van der Waals surface area contributed by atoms with Gasteiger partial charge in [-0.25, -0.2) is 8.42 Å². The standard InChI is InChI=1S/C22H20N2O5S/c1-15-6-9-17(10-7-15)30(26,27)24-19-5-3-2-4-18(19)22(25)23-16-8-11-20-21(14-16)29-13-12-28-20/h2-11,14,24H,12-13H2,1H3,(H,23,25). The van der Waals surface area contributed by atoms with Crippen LogP contribution in [0.1, 0.15) is 15.9 Å². The van der Waals surface area contributed by atoms with E-state index in [1.165, 1.54) is 12.1 Å². The predicted molar refractivity (Wildman–Crippen MR) is 114 cm³/mol. The summed E-state index contributed by atoms with van der Waals surface area (Å²) in [5, 5.41) is 2.77. The number of hydrogen-bond acceptors (Lipinski definition) is 5. The van der Waals surface area contributed by atoms with Crippen LogP contribution >= 0.6 is 0 Å². The van der Waals surface area contributed by atoms with Crippen molar-refractivity contribution >= 4 is 27.3 Å². The van der Waals surface area contributed by atoms with Gasteiger partial charge in [-0.15, -0.1) is 0 Å². The summed E-state index contributed by atoms with van der Waals surface area (Å²) >= 11 is 0. The summed E-state index contributed by atoms with van der Waals surface area (Å²) in [6.07, 6.45) is 0. The topological polar surface area (TPSA) is 93.7 Å². The van der Waals surface area contributed by atoms with Gasteiger partial charge >= 0.3 is 0 Å². The third-order valence-electron chi connectivity index (χ3n) is 4.55. The van der Waals surface area contributed by atoms with E-state index in [9.17, 15) is 13.2 Å². The van der Waals surface area contributed by atoms with Crippen molar-refractivity contribution in [2.24, 2.45) is 0 Å². The third kappa shape index (κ3) is 4.23. The highest BCUT2D eigenvalue weighted by atomic mass is 32.2. The Hall–Kier alpha value is -3.52. The fourth-order valence-electron chi connectivity index (χ4n) is 3.01. The first-order chi connectivity index (χ1) is 14.4. The molecule has 0 atom stereocenters. The number of amides is 1. The van der Waals surface area contributed by atoms with Crippen LogP contribution in [0.5, 0.6) is 11.5 Å². The van der Waals surface area contributed by atoms with Crippen molar-refractivity contribution in [3.63, 3.8) is 0 Å². The molecule has 3 aromatic carbocycles. The molecule has 0 saturated heterocycles. The van der Waals surface area contributed by atoms with Gasteiger partial charge < -0.3 is 14.8 Å². The van der Waals surface area contributed by atoms with Crippen molar-refractivity contribution < 1.29 is 22.7 Å². The molecule has 1 aliphatic heterocycles. The molecule has 1 amide bonds. The SMILES string of the molecule is Cc1ccc(S(=O)(=O)Nc2ccccc2C(=O)Nc2ccc3c(c2)OCCO3)cc1. The zero-order valence-electron chi connectivity index (χ0n) is 16.2. The molecule has 0 unspecified atom stereocenters. The number of ether oxygens (including phenoxy) is 2. The van der Waals surface area contributed by atoms with Crippen molar-refractivity contribution in [3.05, 3.63) is 77.9 Å². The third-order valence-corrected chi connectivity index (χ3v) is 5.93. The van der Waals surface area contributed by atoms with E-state index in [0.29, 0.717) is 30.4 Å². The highest BCUT2D eigenvalue weighted by molar-refractivity contribution is 7.92. The molecule has 0 aromatic heterocycles. The van der Waals surface area contributed by atoms with Crippen molar-refractivity contribution in [3.8, 4) is 11.5 Å². The maximum Gasteiger partial charge on any atom is 0.261 e. The molecule has 0 fully saturated rings. The highest BCUT2D eigenvalue weighted by Crippen LogP contribution is 2.33. The minimum Gasteiger partial charge on any atom is -0.486 e. The smallest absolute Gasteiger partial charge is 0.261 e. The zero-order valence-corrected chi connectivity index (χ0v) is 17.0. The Morgan fingerprint density at radius 3 is 2.37 bits per heavy atom. The summed E-state index contributed by atoms with van der Waals surface area (Å²) in [7, 11) is -3.84. The number of para-hydroxylation sites is 1. The van der Waals surface area contributed by atoms with E-state index in [0.717, 1.165) is 5.56 Å². The van der Waals surface area contributed by atoms with Gasteiger partial charge in [0, 0.05) is 11.8 Å². The van der Waals surface area contributed by atoms with Gasteiger partial charge in [0.2, 0.25) is 0 Å². The van der Waals surface area contributed by atoms with Crippen molar-refractivity contribution in [2.45, 2.75) is 11.8 Å². The summed E-state index contributed by atoms with van der Waals surface area (Å²) in [6.45, 7) is 2.79. The minimum absolute atomic E-state index is 0.121. The molecule has 2 N–H and O–H groups in total. The number of fused-ring (bicyclic) bond motifs is 1. The average Bonchev–Trinajstić information content (AvgIpc) is 2.74. The number of carbonyl (C=O) groups is 1. The number of anilines is 2. The molecule has 7 nitrogen and oxygen atoms in total. The Balaban J connectivity index is 1.57. The highest BCUT2D eigenvalue weighted by Gasteiger charge is 2.19. The lowest BCUT2D eigenvalue weighted by Gasteiger charge is -2.19. The molecule has 1 aliphatic rings. The van der Waals surface area contributed by atoms with Crippen molar-refractivity contribution in [1.82, 2.24) is 0 Å². The molecule has 4 rings (SSSR count). The lowest BCUT2D eigenvalue weighted by molar-refractivity contribution is 0.102. The Bertz CT molecular complexity index is 1190. The number of sulfonamides is 1. The second kappa shape index (κ2) is 8.08. The lowest BCUT2D eigenvalue weighted by atomic mass is 10.1. The molecular weight excluding hydrogens is 404 g/mol. The maximum absolute atomic E-state index is 12.9. The van der Waals surface area contributed by atoms with Gasteiger partial charge in [-0.3, -0.25) is 9.52 Å². The molecule has 0 spiro atoms. The van der Waals surface area contributed by atoms with E-state index >= 15 is 0 Å². The Morgan fingerprint density at radius 1 is 0.900 bits per heavy atom. The molecule has 8 heteroatoms. The molecule has 0 aliphatic carbocycles. The van der Waals surface area contributed by atoms with E-state index in [1.807, 2.05) is 6.92 Å². The maximum atomic E-state index is 12.9. The number of carbonyl (C=O) groups excluding carboxylic acids is 1. The van der Waals surface area contributed by atoms with E-state index in [1.54, 1.807) is 54.6 Å².